The molecule has 7 nitrogen and oxygen atoms in total. The van der Waals surface area contributed by atoms with Gasteiger partial charge in [-0.05, 0) is 44.1 Å². The van der Waals surface area contributed by atoms with Gasteiger partial charge in [-0.2, -0.15) is 5.10 Å². The molecule has 3 aliphatic rings. The van der Waals surface area contributed by atoms with Gasteiger partial charge in [0, 0.05) is 31.9 Å². The Morgan fingerprint density at radius 2 is 2.00 bits per heavy atom. The molecule has 0 spiro atoms. The number of fused-ring (bicyclic) bond motifs is 1. The number of nitrogens with one attached hydrogen (secondary N) is 2. The van der Waals surface area contributed by atoms with Gasteiger partial charge in [0.25, 0.3) is 0 Å². The van der Waals surface area contributed by atoms with Crippen molar-refractivity contribution in [2.24, 2.45) is 0 Å². The molecule has 2 heterocycles. The Morgan fingerprint density at radius 3 is 2.81 bits per heavy atom. The van der Waals surface area contributed by atoms with Gasteiger partial charge in [0.15, 0.2) is 0 Å². The van der Waals surface area contributed by atoms with Gasteiger partial charge in [0.05, 0.1) is 24.7 Å². The Bertz CT molecular complexity index is 695. The highest BCUT2D eigenvalue weighted by atomic mass is 16.2. The van der Waals surface area contributed by atoms with Gasteiger partial charge < -0.3 is 10.2 Å². The van der Waals surface area contributed by atoms with Crippen LogP contribution in [0.1, 0.15) is 61.9 Å². The second-order valence-corrected chi connectivity index (χ2v) is 8.27. The quantitative estimate of drug-likeness (QED) is 0.817. The highest BCUT2D eigenvalue weighted by molar-refractivity contribution is 5.88. The van der Waals surface area contributed by atoms with E-state index >= 15 is 0 Å². The summed E-state index contributed by atoms with van der Waals surface area (Å²) < 4.78 is 0. The van der Waals surface area contributed by atoms with Crippen LogP contribution in [0.3, 0.4) is 0 Å². The number of amides is 2. The SMILES string of the molecule is CN(Cc1n[nH]c2c1CCCC2)C(=O)CC1C(=O)NCCN1C1CCCC1. The van der Waals surface area contributed by atoms with Crippen molar-refractivity contribution in [3.8, 4) is 0 Å². The van der Waals surface area contributed by atoms with Crippen molar-refractivity contribution in [1.82, 2.24) is 25.3 Å². The predicted octanol–water partition coefficient (Wildman–Crippen LogP) is 1.38. The van der Waals surface area contributed by atoms with Crippen molar-refractivity contribution in [2.75, 3.05) is 20.1 Å². The molecular formula is C20H31N5O2. The average molecular weight is 374 g/mol. The van der Waals surface area contributed by atoms with Crippen LogP contribution in [0.5, 0.6) is 0 Å². The Hall–Kier alpha value is -1.89. The summed E-state index contributed by atoms with van der Waals surface area (Å²) in [7, 11) is 1.83. The molecule has 1 aliphatic heterocycles. The molecule has 1 saturated carbocycles. The number of hydrogen-bond donors (Lipinski definition) is 2. The van der Waals surface area contributed by atoms with E-state index < -0.39 is 0 Å². The minimum absolute atomic E-state index is 0.00653. The number of hydrogen-bond acceptors (Lipinski definition) is 4. The second kappa shape index (κ2) is 8.00. The number of aromatic amines is 1. The molecule has 1 unspecified atom stereocenters. The first kappa shape index (κ1) is 18.5. The maximum atomic E-state index is 12.9. The summed E-state index contributed by atoms with van der Waals surface area (Å²) in [6.45, 7) is 2.06. The van der Waals surface area contributed by atoms with E-state index in [2.05, 4.69) is 20.4 Å². The molecule has 1 aromatic rings. The number of piperazine rings is 1. The molecule has 148 valence electrons. The standard InChI is InChI=1S/C20H31N5O2/c1-24(13-17-15-8-4-5-9-16(15)22-23-17)19(26)12-18-20(27)21-10-11-25(18)14-6-2-3-7-14/h14,18H,2-13H2,1H3,(H,21,27)(H,22,23). The smallest absolute Gasteiger partial charge is 0.237 e. The fourth-order valence-electron chi connectivity index (χ4n) is 4.93. The molecule has 27 heavy (non-hydrogen) atoms. The third-order valence-corrected chi connectivity index (χ3v) is 6.49. The molecule has 7 heteroatoms. The molecule has 0 radical (unpaired) electrons. The Kier molecular flexibility index (Phi) is 5.48. The molecule has 2 N–H and O–H groups in total. The molecule has 1 atom stereocenters. The van der Waals surface area contributed by atoms with E-state index in [1.807, 2.05) is 7.05 Å². The minimum atomic E-state index is -0.329. The van der Waals surface area contributed by atoms with Crippen molar-refractivity contribution in [3.05, 3.63) is 17.0 Å². The second-order valence-electron chi connectivity index (χ2n) is 8.27. The van der Waals surface area contributed by atoms with Crippen LogP contribution in [-0.2, 0) is 29.0 Å². The summed E-state index contributed by atoms with van der Waals surface area (Å²) in [5.41, 5.74) is 3.52. The molecule has 1 saturated heterocycles. The van der Waals surface area contributed by atoms with Crippen LogP contribution in [0.4, 0.5) is 0 Å². The van der Waals surface area contributed by atoms with E-state index in [0.717, 1.165) is 37.9 Å². The van der Waals surface area contributed by atoms with Crippen LogP contribution in [0.15, 0.2) is 0 Å². The summed E-state index contributed by atoms with van der Waals surface area (Å²) in [5, 5.41) is 10.5. The van der Waals surface area contributed by atoms with Crippen molar-refractivity contribution in [2.45, 2.75) is 76.4 Å². The lowest BCUT2D eigenvalue weighted by Crippen LogP contribution is -2.59. The van der Waals surface area contributed by atoms with E-state index in [4.69, 9.17) is 0 Å². The highest BCUT2D eigenvalue weighted by Gasteiger charge is 2.37. The largest absolute Gasteiger partial charge is 0.353 e. The number of aryl methyl sites for hydroxylation is 1. The summed E-state index contributed by atoms with van der Waals surface area (Å²) >= 11 is 0. The number of carbonyl (C=O) groups excluding carboxylic acids is 2. The van der Waals surface area contributed by atoms with Crippen LogP contribution in [0, 0.1) is 0 Å². The lowest BCUT2D eigenvalue weighted by Gasteiger charge is -2.39. The zero-order chi connectivity index (χ0) is 18.8. The van der Waals surface area contributed by atoms with Crippen molar-refractivity contribution < 1.29 is 9.59 Å². The monoisotopic (exact) mass is 373 g/mol. The van der Waals surface area contributed by atoms with Gasteiger partial charge in [-0.3, -0.25) is 19.6 Å². The fraction of sp³-hybridized carbons (Fsp3) is 0.750. The first-order valence-corrected chi connectivity index (χ1v) is 10.5. The number of carbonyl (C=O) groups is 2. The predicted molar refractivity (Wildman–Crippen MR) is 102 cm³/mol. The lowest BCUT2D eigenvalue weighted by molar-refractivity contribution is -0.139. The van der Waals surface area contributed by atoms with E-state index in [9.17, 15) is 9.59 Å². The first-order chi connectivity index (χ1) is 13.1. The zero-order valence-corrected chi connectivity index (χ0v) is 16.3. The van der Waals surface area contributed by atoms with E-state index in [0.29, 0.717) is 19.1 Å². The molecule has 0 aromatic carbocycles. The normalized spacial score (nSPS) is 23.9. The van der Waals surface area contributed by atoms with Crippen LogP contribution in [0.2, 0.25) is 0 Å². The molecule has 4 rings (SSSR count). The van der Waals surface area contributed by atoms with Crippen LogP contribution in [-0.4, -0.2) is 64.0 Å². The summed E-state index contributed by atoms with van der Waals surface area (Å²) in [6, 6.07) is 0.127. The third kappa shape index (κ3) is 3.88. The molecule has 2 amide bonds. The topological polar surface area (TPSA) is 81.3 Å². The van der Waals surface area contributed by atoms with Crippen LogP contribution in [0.25, 0.3) is 0 Å². The van der Waals surface area contributed by atoms with E-state index in [1.165, 1.54) is 36.9 Å². The van der Waals surface area contributed by atoms with Crippen molar-refractivity contribution in [1.29, 1.82) is 0 Å². The Labute approximate surface area is 160 Å². The highest BCUT2D eigenvalue weighted by Crippen LogP contribution is 2.27. The summed E-state index contributed by atoms with van der Waals surface area (Å²) in [6.07, 6.45) is 9.50. The Balaban J connectivity index is 1.40. The van der Waals surface area contributed by atoms with E-state index in [-0.39, 0.29) is 24.3 Å². The van der Waals surface area contributed by atoms with Gasteiger partial charge in [0.1, 0.15) is 0 Å². The lowest BCUT2D eigenvalue weighted by atomic mass is 9.96. The maximum absolute atomic E-state index is 12.9. The summed E-state index contributed by atoms with van der Waals surface area (Å²) in [5.74, 6) is 0.0275. The molecular weight excluding hydrogens is 342 g/mol. The van der Waals surface area contributed by atoms with Gasteiger partial charge in [-0.15, -0.1) is 0 Å². The minimum Gasteiger partial charge on any atom is -0.353 e. The molecule has 0 bridgehead atoms. The zero-order valence-electron chi connectivity index (χ0n) is 16.3. The Morgan fingerprint density at radius 1 is 1.22 bits per heavy atom. The maximum Gasteiger partial charge on any atom is 0.237 e. The number of H-pyrrole nitrogens is 1. The first-order valence-electron chi connectivity index (χ1n) is 10.5. The fourth-order valence-corrected chi connectivity index (χ4v) is 4.93. The van der Waals surface area contributed by atoms with Gasteiger partial charge in [-0.25, -0.2) is 0 Å². The van der Waals surface area contributed by atoms with Gasteiger partial charge >= 0.3 is 0 Å². The molecule has 2 fully saturated rings. The summed E-state index contributed by atoms with van der Waals surface area (Å²) in [4.78, 5) is 29.4. The molecule has 2 aliphatic carbocycles. The van der Waals surface area contributed by atoms with Crippen LogP contribution < -0.4 is 5.32 Å². The van der Waals surface area contributed by atoms with Crippen LogP contribution >= 0.6 is 0 Å². The van der Waals surface area contributed by atoms with Gasteiger partial charge in [-0.1, -0.05) is 12.8 Å². The van der Waals surface area contributed by atoms with E-state index in [1.54, 1.807) is 4.90 Å². The van der Waals surface area contributed by atoms with Gasteiger partial charge in [0.2, 0.25) is 11.8 Å². The molecule has 1 aromatic heterocycles. The van der Waals surface area contributed by atoms with Crippen molar-refractivity contribution in [3.63, 3.8) is 0 Å². The van der Waals surface area contributed by atoms with Crippen molar-refractivity contribution >= 4 is 11.8 Å². The number of nitrogens with zero attached hydrogens (tertiary/aromatic N) is 3. The average Bonchev–Trinajstić information content (AvgIpc) is 3.34. The number of rotatable bonds is 5. The number of aromatic nitrogens is 2. The third-order valence-electron chi connectivity index (χ3n) is 6.49.